The van der Waals surface area contributed by atoms with Gasteiger partial charge in [-0.25, -0.2) is 0 Å². The minimum Gasteiger partial charge on any atom is -0.505 e. The van der Waals surface area contributed by atoms with E-state index in [9.17, 15) is 14.7 Å². The highest BCUT2D eigenvalue weighted by molar-refractivity contribution is 5.96. The van der Waals surface area contributed by atoms with E-state index >= 15 is 0 Å². The number of likely N-dealkylation sites (tertiary alicyclic amines) is 1. The van der Waals surface area contributed by atoms with E-state index in [1.165, 1.54) is 6.20 Å². The van der Waals surface area contributed by atoms with Crippen LogP contribution in [0.2, 0.25) is 0 Å². The van der Waals surface area contributed by atoms with Gasteiger partial charge in [-0.05, 0) is 45.8 Å². The van der Waals surface area contributed by atoms with Crippen LogP contribution in [0.3, 0.4) is 0 Å². The first kappa shape index (κ1) is 17.7. The van der Waals surface area contributed by atoms with Crippen LogP contribution in [0.15, 0.2) is 12.3 Å². The fourth-order valence-corrected chi connectivity index (χ4v) is 3.67. The second kappa shape index (κ2) is 7.39. The minimum absolute atomic E-state index is 0.0193. The largest absolute Gasteiger partial charge is 0.505 e. The normalized spacial score (nSPS) is 22.1. The number of hydrogen-bond donors (Lipinski definition) is 1. The quantitative estimate of drug-likeness (QED) is 0.860. The summed E-state index contributed by atoms with van der Waals surface area (Å²) in [6.07, 6.45) is 4.04. The van der Waals surface area contributed by atoms with Crippen LogP contribution in [-0.4, -0.2) is 82.4 Å². The van der Waals surface area contributed by atoms with Gasteiger partial charge in [-0.1, -0.05) is 0 Å². The number of likely N-dealkylation sites (N-methyl/N-ethyl adjacent to an activating group) is 1. The summed E-state index contributed by atoms with van der Waals surface area (Å²) in [6, 6.07) is 1.59. The molecule has 7 nitrogen and oxygen atoms in total. The second-order valence-electron chi connectivity index (χ2n) is 6.95. The molecule has 2 aliphatic rings. The van der Waals surface area contributed by atoms with E-state index in [2.05, 4.69) is 9.88 Å². The molecule has 3 heterocycles. The third-order valence-corrected chi connectivity index (χ3v) is 5.15. The maximum atomic E-state index is 12.7. The number of hydrogen-bond acceptors (Lipinski definition) is 5. The zero-order chi connectivity index (χ0) is 18.0. The Morgan fingerprint density at radius 2 is 1.84 bits per heavy atom. The van der Waals surface area contributed by atoms with Crippen LogP contribution in [0, 0.1) is 6.92 Å². The zero-order valence-electron chi connectivity index (χ0n) is 14.9. The molecule has 0 saturated carbocycles. The van der Waals surface area contributed by atoms with Crippen LogP contribution < -0.4 is 0 Å². The fraction of sp³-hybridized carbons (Fsp3) is 0.611. The number of amides is 2. The molecule has 2 aliphatic heterocycles. The molecular weight excluding hydrogens is 320 g/mol. The Balaban J connectivity index is 1.66. The predicted molar refractivity (Wildman–Crippen MR) is 93.4 cm³/mol. The molecule has 0 aliphatic carbocycles. The zero-order valence-corrected chi connectivity index (χ0v) is 14.9. The van der Waals surface area contributed by atoms with Gasteiger partial charge in [0.1, 0.15) is 5.75 Å². The van der Waals surface area contributed by atoms with Crippen molar-refractivity contribution in [3.63, 3.8) is 0 Å². The number of aromatic nitrogens is 1. The minimum atomic E-state index is -0.199. The van der Waals surface area contributed by atoms with Gasteiger partial charge in [-0.2, -0.15) is 0 Å². The first-order valence-electron chi connectivity index (χ1n) is 8.91. The Kier molecular flexibility index (Phi) is 5.22. The number of pyridine rings is 1. The molecule has 1 N–H and O–H groups in total. The third kappa shape index (κ3) is 3.76. The Bertz CT molecular complexity index is 664. The number of carbonyl (C=O) groups excluding carboxylic acids is 2. The van der Waals surface area contributed by atoms with Crippen LogP contribution in [0.5, 0.6) is 5.75 Å². The summed E-state index contributed by atoms with van der Waals surface area (Å²) in [7, 11) is 2.00. The highest BCUT2D eigenvalue weighted by atomic mass is 16.3. The number of aromatic hydroxyl groups is 1. The Morgan fingerprint density at radius 1 is 1.12 bits per heavy atom. The summed E-state index contributed by atoms with van der Waals surface area (Å²) in [5.74, 6) is -0.118. The molecule has 7 heteroatoms. The van der Waals surface area contributed by atoms with Crippen LogP contribution in [-0.2, 0) is 4.79 Å². The average molecular weight is 346 g/mol. The van der Waals surface area contributed by atoms with Crippen molar-refractivity contribution < 1.29 is 14.7 Å². The topological polar surface area (TPSA) is 77.0 Å². The van der Waals surface area contributed by atoms with Gasteiger partial charge in [0.05, 0.1) is 17.8 Å². The van der Waals surface area contributed by atoms with Crippen molar-refractivity contribution in [1.82, 2.24) is 19.7 Å². The molecule has 136 valence electrons. The molecular formula is C18H26N4O3. The van der Waals surface area contributed by atoms with Crippen molar-refractivity contribution in [1.29, 1.82) is 0 Å². The molecule has 0 unspecified atom stereocenters. The SMILES string of the molecule is Cc1cc(C(=O)N2CCCN(C(=O)[C@@H]3CCCN3C)CC2)c(O)cn1. The van der Waals surface area contributed by atoms with E-state index in [4.69, 9.17) is 0 Å². The van der Waals surface area contributed by atoms with E-state index in [1.54, 1.807) is 17.9 Å². The van der Waals surface area contributed by atoms with E-state index in [1.807, 2.05) is 11.9 Å². The lowest BCUT2D eigenvalue weighted by molar-refractivity contribution is -0.135. The molecule has 3 rings (SSSR count). The third-order valence-electron chi connectivity index (χ3n) is 5.15. The number of carbonyl (C=O) groups is 2. The van der Waals surface area contributed by atoms with Crippen molar-refractivity contribution in [3.05, 3.63) is 23.5 Å². The molecule has 0 spiro atoms. The van der Waals surface area contributed by atoms with E-state index in [-0.39, 0.29) is 29.2 Å². The lowest BCUT2D eigenvalue weighted by Crippen LogP contribution is -2.46. The van der Waals surface area contributed by atoms with Gasteiger partial charge in [0.15, 0.2) is 0 Å². The molecule has 2 saturated heterocycles. The maximum Gasteiger partial charge on any atom is 0.257 e. The molecule has 0 radical (unpaired) electrons. The Labute approximate surface area is 148 Å². The van der Waals surface area contributed by atoms with Crippen LogP contribution in [0.25, 0.3) is 0 Å². The number of aryl methyl sites for hydroxylation is 1. The molecule has 1 aromatic rings. The number of nitrogens with zero attached hydrogens (tertiary/aromatic N) is 4. The molecule has 1 atom stereocenters. The first-order valence-corrected chi connectivity index (χ1v) is 8.91. The highest BCUT2D eigenvalue weighted by Gasteiger charge is 2.32. The van der Waals surface area contributed by atoms with Gasteiger partial charge in [-0.15, -0.1) is 0 Å². The first-order chi connectivity index (χ1) is 12.0. The van der Waals surface area contributed by atoms with Gasteiger partial charge >= 0.3 is 0 Å². The smallest absolute Gasteiger partial charge is 0.257 e. The summed E-state index contributed by atoms with van der Waals surface area (Å²) in [5.41, 5.74) is 0.972. The van der Waals surface area contributed by atoms with Crippen molar-refractivity contribution in [3.8, 4) is 5.75 Å². The van der Waals surface area contributed by atoms with E-state index in [0.717, 1.165) is 25.8 Å². The van der Waals surface area contributed by atoms with Crippen LogP contribution >= 0.6 is 0 Å². The Morgan fingerprint density at radius 3 is 2.56 bits per heavy atom. The van der Waals surface area contributed by atoms with Gasteiger partial charge in [0.25, 0.3) is 5.91 Å². The fourth-order valence-electron chi connectivity index (χ4n) is 3.67. The van der Waals surface area contributed by atoms with Crippen molar-refractivity contribution in [2.45, 2.75) is 32.2 Å². The molecule has 25 heavy (non-hydrogen) atoms. The monoisotopic (exact) mass is 346 g/mol. The average Bonchev–Trinajstić information content (AvgIpc) is 2.88. The molecule has 2 fully saturated rings. The van der Waals surface area contributed by atoms with Gasteiger partial charge in [0, 0.05) is 31.9 Å². The van der Waals surface area contributed by atoms with Crippen molar-refractivity contribution in [2.24, 2.45) is 0 Å². The Hall–Kier alpha value is -2.15. The lowest BCUT2D eigenvalue weighted by Gasteiger charge is -2.27. The second-order valence-corrected chi connectivity index (χ2v) is 6.95. The van der Waals surface area contributed by atoms with Crippen LogP contribution in [0.4, 0.5) is 0 Å². The standard InChI is InChI=1S/C18H26N4O3/c1-13-11-14(16(23)12-19-13)17(24)21-7-4-8-22(10-9-21)18(25)15-5-3-6-20(15)2/h11-12,15,23H,3-10H2,1-2H3/t15-/m0/s1. The van der Waals surface area contributed by atoms with E-state index in [0.29, 0.717) is 31.9 Å². The summed E-state index contributed by atoms with van der Waals surface area (Å²) in [5, 5.41) is 9.94. The van der Waals surface area contributed by atoms with Gasteiger partial charge in [0.2, 0.25) is 5.91 Å². The number of rotatable bonds is 2. The molecule has 0 bridgehead atoms. The highest BCUT2D eigenvalue weighted by Crippen LogP contribution is 2.21. The molecule has 0 aromatic carbocycles. The van der Waals surface area contributed by atoms with Gasteiger partial charge < -0.3 is 14.9 Å². The van der Waals surface area contributed by atoms with Crippen LogP contribution in [0.1, 0.15) is 35.3 Å². The summed E-state index contributed by atoms with van der Waals surface area (Å²) in [4.78, 5) is 35.2. The van der Waals surface area contributed by atoms with Gasteiger partial charge in [-0.3, -0.25) is 19.5 Å². The molecule has 1 aromatic heterocycles. The summed E-state index contributed by atoms with van der Waals surface area (Å²) >= 11 is 0. The molecule has 2 amide bonds. The maximum absolute atomic E-state index is 12.7. The van der Waals surface area contributed by atoms with E-state index < -0.39 is 0 Å². The van der Waals surface area contributed by atoms with Crippen molar-refractivity contribution >= 4 is 11.8 Å². The summed E-state index contributed by atoms with van der Waals surface area (Å²) in [6.45, 7) is 5.05. The van der Waals surface area contributed by atoms with Crippen molar-refractivity contribution in [2.75, 3.05) is 39.8 Å². The lowest BCUT2D eigenvalue weighted by atomic mass is 10.2. The summed E-state index contributed by atoms with van der Waals surface area (Å²) < 4.78 is 0. The predicted octanol–water partition coefficient (Wildman–Crippen LogP) is 0.864.